The summed E-state index contributed by atoms with van der Waals surface area (Å²) in [5.74, 6) is 1.54. The Morgan fingerprint density at radius 1 is 1.27 bits per heavy atom. The SMILES string of the molecule is CCOC(=O)CCC1CCC(Oc2cccc(Br)c2C)CC1. The molecule has 0 N–H and O–H groups in total. The summed E-state index contributed by atoms with van der Waals surface area (Å²) in [6.07, 6.45) is 6.20. The van der Waals surface area contributed by atoms with Gasteiger partial charge in [-0.25, -0.2) is 0 Å². The number of benzene rings is 1. The number of esters is 1. The summed E-state index contributed by atoms with van der Waals surface area (Å²) in [7, 11) is 0. The highest BCUT2D eigenvalue weighted by Crippen LogP contribution is 2.32. The molecular formula is C18H25BrO3. The van der Waals surface area contributed by atoms with Crippen molar-refractivity contribution >= 4 is 21.9 Å². The summed E-state index contributed by atoms with van der Waals surface area (Å²) in [5, 5.41) is 0. The van der Waals surface area contributed by atoms with Gasteiger partial charge in [0.2, 0.25) is 0 Å². The third-order valence-electron chi connectivity index (χ3n) is 4.37. The van der Waals surface area contributed by atoms with Crippen LogP contribution in [0.5, 0.6) is 5.75 Å². The first-order valence-electron chi connectivity index (χ1n) is 8.17. The Hall–Kier alpha value is -1.03. The van der Waals surface area contributed by atoms with E-state index in [1.807, 2.05) is 25.1 Å². The molecule has 0 aromatic heterocycles. The minimum absolute atomic E-state index is 0.0642. The lowest BCUT2D eigenvalue weighted by atomic mass is 9.84. The van der Waals surface area contributed by atoms with Crippen molar-refractivity contribution in [2.24, 2.45) is 5.92 Å². The standard InChI is InChI=1S/C18H25BrO3/c1-3-21-18(20)12-9-14-7-10-15(11-8-14)22-17-6-4-5-16(19)13(17)2/h4-6,14-15H,3,7-12H2,1-2H3. The molecule has 1 fully saturated rings. The Kier molecular flexibility index (Phi) is 6.74. The molecule has 0 aliphatic heterocycles. The van der Waals surface area contributed by atoms with E-state index in [0.29, 0.717) is 25.0 Å². The van der Waals surface area contributed by atoms with Crippen LogP contribution in [0.2, 0.25) is 0 Å². The zero-order chi connectivity index (χ0) is 15.9. The lowest BCUT2D eigenvalue weighted by molar-refractivity contribution is -0.143. The van der Waals surface area contributed by atoms with E-state index in [2.05, 4.69) is 22.9 Å². The average Bonchev–Trinajstić information content (AvgIpc) is 2.51. The lowest BCUT2D eigenvalue weighted by Crippen LogP contribution is -2.25. The number of hydrogen-bond acceptors (Lipinski definition) is 3. The normalized spacial score (nSPS) is 21.4. The number of rotatable bonds is 6. The first-order chi connectivity index (χ1) is 10.6. The smallest absolute Gasteiger partial charge is 0.305 e. The van der Waals surface area contributed by atoms with Crippen LogP contribution >= 0.6 is 15.9 Å². The number of hydrogen-bond donors (Lipinski definition) is 0. The van der Waals surface area contributed by atoms with E-state index in [1.165, 1.54) is 0 Å². The molecule has 0 unspecified atom stereocenters. The molecule has 1 aromatic rings. The topological polar surface area (TPSA) is 35.5 Å². The van der Waals surface area contributed by atoms with Crippen molar-refractivity contribution < 1.29 is 14.3 Å². The molecule has 0 amide bonds. The summed E-state index contributed by atoms with van der Waals surface area (Å²) in [5.41, 5.74) is 1.16. The summed E-state index contributed by atoms with van der Waals surface area (Å²) >= 11 is 3.54. The van der Waals surface area contributed by atoms with Gasteiger partial charge >= 0.3 is 5.97 Å². The second-order valence-electron chi connectivity index (χ2n) is 5.97. The maximum Gasteiger partial charge on any atom is 0.305 e. The van der Waals surface area contributed by atoms with Gasteiger partial charge in [0.25, 0.3) is 0 Å². The molecule has 22 heavy (non-hydrogen) atoms. The van der Waals surface area contributed by atoms with E-state index in [9.17, 15) is 4.79 Å². The molecule has 2 rings (SSSR count). The van der Waals surface area contributed by atoms with E-state index < -0.39 is 0 Å². The Morgan fingerprint density at radius 3 is 2.68 bits per heavy atom. The maximum absolute atomic E-state index is 11.4. The fourth-order valence-electron chi connectivity index (χ4n) is 2.99. The zero-order valence-electron chi connectivity index (χ0n) is 13.4. The largest absolute Gasteiger partial charge is 0.490 e. The van der Waals surface area contributed by atoms with Gasteiger partial charge in [-0.1, -0.05) is 22.0 Å². The molecule has 0 radical (unpaired) electrons. The molecule has 1 aliphatic rings. The lowest BCUT2D eigenvalue weighted by Gasteiger charge is -2.29. The average molecular weight is 369 g/mol. The van der Waals surface area contributed by atoms with Gasteiger partial charge in [0, 0.05) is 16.5 Å². The summed E-state index contributed by atoms with van der Waals surface area (Å²) in [6.45, 7) is 4.40. The molecule has 122 valence electrons. The number of ether oxygens (including phenoxy) is 2. The maximum atomic E-state index is 11.4. The summed E-state index contributed by atoms with van der Waals surface area (Å²) in [6, 6.07) is 6.08. The van der Waals surface area contributed by atoms with Crippen LogP contribution in [-0.2, 0) is 9.53 Å². The Morgan fingerprint density at radius 2 is 2.00 bits per heavy atom. The van der Waals surface area contributed by atoms with Crippen LogP contribution in [0.15, 0.2) is 22.7 Å². The molecule has 0 bridgehead atoms. The molecule has 3 nitrogen and oxygen atoms in total. The monoisotopic (exact) mass is 368 g/mol. The van der Waals surface area contributed by atoms with Gasteiger partial charge < -0.3 is 9.47 Å². The molecule has 0 spiro atoms. The number of carbonyl (C=O) groups excluding carboxylic acids is 1. The van der Waals surface area contributed by atoms with Crippen LogP contribution < -0.4 is 4.74 Å². The minimum Gasteiger partial charge on any atom is -0.490 e. The molecule has 1 aliphatic carbocycles. The third kappa shape index (κ3) is 5.01. The predicted octanol–water partition coefficient (Wildman–Crippen LogP) is 5.04. The second kappa shape index (κ2) is 8.56. The molecule has 4 heteroatoms. The van der Waals surface area contributed by atoms with Crippen molar-refractivity contribution in [2.75, 3.05) is 6.61 Å². The first-order valence-corrected chi connectivity index (χ1v) is 8.96. The van der Waals surface area contributed by atoms with Gasteiger partial charge in [0.05, 0.1) is 12.7 Å². The Balaban J connectivity index is 1.75. The third-order valence-corrected chi connectivity index (χ3v) is 5.23. The van der Waals surface area contributed by atoms with Crippen LogP contribution in [0.4, 0.5) is 0 Å². The number of carbonyl (C=O) groups is 1. The quantitative estimate of drug-likeness (QED) is 0.659. The van der Waals surface area contributed by atoms with Crippen molar-refractivity contribution in [3.63, 3.8) is 0 Å². The zero-order valence-corrected chi connectivity index (χ0v) is 15.0. The van der Waals surface area contributed by atoms with Gasteiger partial charge in [-0.2, -0.15) is 0 Å². The van der Waals surface area contributed by atoms with Crippen LogP contribution in [0, 0.1) is 12.8 Å². The Labute approximate surface area is 141 Å². The summed E-state index contributed by atoms with van der Waals surface area (Å²) < 4.78 is 12.2. The van der Waals surface area contributed by atoms with Gasteiger partial charge in [-0.15, -0.1) is 0 Å². The molecule has 1 saturated carbocycles. The van der Waals surface area contributed by atoms with E-state index in [4.69, 9.17) is 9.47 Å². The van der Waals surface area contributed by atoms with Gasteiger partial charge in [-0.3, -0.25) is 4.79 Å². The molecule has 1 aromatic carbocycles. The molecular weight excluding hydrogens is 344 g/mol. The highest BCUT2D eigenvalue weighted by atomic mass is 79.9. The van der Waals surface area contributed by atoms with Gasteiger partial charge in [-0.05, 0) is 64.0 Å². The fourth-order valence-corrected chi connectivity index (χ4v) is 3.34. The van der Waals surface area contributed by atoms with Crippen LogP contribution in [0.1, 0.15) is 51.0 Å². The highest BCUT2D eigenvalue weighted by Gasteiger charge is 2.23. The van der Waals surface area contributed by atoms with E-state index >= 15 is 0 Å². The predicted molar refractivity (Wildman–Crippen MR) is 91.1 cm³/mol. The second-order valence-corrected chi connectivity index (χ2v) is 6.82. The van der Waals surface area contributed by atoms with Crippen LogP contribution in [0.25, 0.3) is 0 Å². The van der Waals surface area contributed by atoms with E-state index in [0.717, 1.165) is 47.9 Å². The van der Waals surface area contributed by atoms with Gasteiger partial charge in [0.15, 0.2) is 0 Å². The van der Waals surface area contributed by atoms with Crippen LogP contribution in [-0.4, -0.2) is 18.7 Å². The van der Waals surface area contributed by atoms with Crippen LogP contribution in [0.3, 0.4) is 0 Å². The highest BCUT2D eigenvalue weighted by molar-refractivity contribution is 9.10. The molecule has 0 saturated heterocycles. The van der Waals surface area contributed by atoms with E-state index in [1.54, 1.807) is 0 Å². The number of halogens is 1. The summed E-state index contributed by atoms with van der Waals surface area (Å²) in [4.78, 5) is 11.4. The van der Waals surface area contributed by atoms with Crippen molar-refractivity contribution in [3.05, 3.63) is 28.2 Å². The first kappa shape index (κ1) is 17.3. The van der Waals surface area contributed by atoms with Gasteiger partial charge in [0.1, 0.15) is 5.75 Å². The van der Waals surface area contributed by atoms with Crippen molar-refractivity contribution in [3.8, 4) is 5.75 Å². The van der Waals surface area contributed by atoms with E-state index in [-0.39, 0.29) is 5.97 Å². The molecule has 0 heterocycles. The van der Waals surface area contributed by atoms with Crippen molar-refractivity contribution in [1.29, 1.82) is 0 Å². The minimum atomic E-state index is -0.0642. The van der Waals surface area contributed by atoms with Crippen molar-refractivity contribution in [1.82, 2.24) is 0 Å². The molecule has 0 atom stereocenters. The fraction of sp³-hybridized carbons (Fsp3) is 0.611. The van der Waals surface area contributed by atoms with Crippen molar-refractivity contribution in [2.45, 2.75) is 58.5 Å². The Bertz CT molecular complexity index is 493.